The van der Waals surface area contributed by atoms with Gasteiger partial charge in [0, 0.05) is 11.8 Å². The van der Waals surface area contributed by atoms with Gasteiger partial charge in [-0.05, 0) is 37.3 Å². The van der Waals surface area contributed by atoms with Crippen LogP contribution in [0.15, 0.2) is 42.6 Å². The number of aromatic nitrogens is 1. The Hall–Kier alpha value is -2.60. The molecule has 0 N–H and O–H groups in total. The molecule has 0 spiro atoms. The maximum atomic E-state index is 9.27. The van der Waals surface area contributed by atoms with Gasteiger partial charge in [-0.2, -0.15) is 5.26 Å². The highest BCUT2D eigenvalue weighted by atomic mass is 16.5. The van der Waals surface area contributed by atoms with Crippen molar-refractivity contribution in [1.82, 2.24) is 4.98 Å². The summed E-state index contributed by atoms with van der Waals surface area (Å²) in [6.45, 7) is 2.00. The van der Waals surface area contributed by atoms with Crippen molar-refractivity contribution in [1.29, 1.82) is 5.26 Å². The van der Waals surface area contributed by atoms with Crippen LogP contribution in [0, 0.1) is 18.3 Å². The summed E-state index contributed by atoms with van der Waals surface area (Å²) in [6, 6.07) is 13.5. The molecule has 1 heterocycles. The lowest BCUT2D eigenvalue weighted by Gasteiger charge is -2.06. The van der Waals surface area contributed by atoms with Crippen LogP contribution in [0.4, 0.5) is 0 Å². The average Bonchev–Trinajstić information content (AvgIpc) is 2.46. The minimum Gasteiger partial charge on any atom is -0.496 e. The van der Waals surface area contributed by atoms with Gasteiger partial charge >= 0.3 is 0 Å². The van der Waals surface area contributed by atoms with Crippen LogP contribution in [0.25, 0.3) is 11.6 Å². The van der Waals surface area contributed by atoms with Crippen molar-refractivity contribution in [2.24, 2.45) is 0 Å². The molecular weight excluding hydrogens is 236 g/mol. The first-order chi connectivity index (χ1) is 9.24. The predicted octanol–water partition coefficient (Wildman–Crippen LogP) is 3.46. The van der Waals surface area contributed by atoms with Crippen molar-refractivity contribution in [3.8, 4) is 11.8 Å². The quantitative estimate of drug-likeness (QED) is 0.784. The first-order valence-corrected chi connectivity index (χ1v) is 5.92. The summed E-state index contributed by atoms with van der Waals surface area (Å²) in [5.41, 5.74) is 3.17. The fraction of sp³-hybridized carbons (Fsp3) is 0.125. The molecule has 2 aromatic rings. The van der Waals surface area contributed by atoms with Crippen molar-refractivity contribution in [2.75, 3.05) is 7.11 Å². The molecule has 0 saturated heterocycles. The number of nitrogens with zero attached hydrogens (tertiary/aromatic N) is 2. The lowest BCUT2D eigenvalue weighted by molar-refractivity contribution is 0.414. The van der Waals surface area contributed by atoms with Crippen LogP contribution >= 0.6 is 0 Å². The number of allylic oxidation sites excluding steroid dienone is 1. The van der Waals surface area contributed by atoms with E-state index in [4.69, 9.17) is 4.74 Å². The van der Waals surface area contributed by atoms with Crippen LogP contribution in [-0.2, 0) is 0 Å². The largest absolute Gasteiger partial charge is 0.496 e. The smallest absolute Gasteiger partial charge is 0.126 e. The van der Waals surface area contributed by atoms with Gasteiger partial charge in [0.1, 0.15) is 11.8 Å². The molecule has 0 radical (unpaired) electrons. The van der Waals surface area contributed by atoms with Gasteiger partial charge in [-0.3, -0.25) is 4.98 Å². The third-order valence-electron chi connectivity index (χ3n) is 2.75. The average molecular weight is 250 g/mol. The maximum Gasteiger partial charge on any atom is 0.126 e. The highest BCUT2D eigenvalue weighted by Gasteiger charge is 2.05. The number of methoxy groups -OCH3 is 1. The van der Waals surface area contributed by atoms with E-state index in [9.17, 15) is 5.26 Å². The molecule has 0 atom stereocenters. The summed E-state index contributed by atoms with van der Waals surface area (Å²) < 4.78 is 5.31. The van der Waals surface area contributed by atoms with Gasteiger partial charge in [-0.15, -0.1) is 0 Å². The van der Waals surface area contributed by atoms with Crippen molar-refractivity contribution < 1.29 is 4.74 Å². The number of rotatable bonds is 3. The lowest BCUT2D eigenvalue weighted by atomic mass is 10.1. The van der Waals surface area contributed by atoms with Crippen LogP contribution < -0.4 is 4.74 Å². The zero-order chi connectivity index (χ0) is 13.7. The number of ether oxygens (including phenoxy) is 1. The van der Waals surface area contributed by atoms with Crippen LogP contribution in [-0.4, -0.2) is 12.1 Å². The topological polar surface area (TPSA) is 45.9 Å². The Morgan fingerprint density at radius 3 is 2.79 bits per heavy atom. The van der Waals surface area contributed by atoms with Crippen molar-refractivity contribution in [3.05, 3.63) is 59.4 Å². The van der Waals surface area contributed by atoms with Crippen molar-refractivity contribution in [2.45, 2.75) is 6.92 Å². The Morgan fingerprint density at radius 1 is 1.32 bits per heavy atom. The van der Waals surface area contributed by atoms with Gasteiger partial charge in [0.05, 0.1) is 18.4 Å². The van der Waals surface area contributed by atoms with E-state index < -0.39 is 0 Å². The number of pyridine rings is 1. The molecular formula is C16H14N2O. The Labute approximate surface area is 112 Å². The minimum absolute atomic E-state index is 0.518. The molecule has 2 rings (SSSR count). The molecule has 0 aliphatic carbocycles. The third-order valence-corrected chi connectivity index (χ3v) is 2.75. The second-order valence-electron chi connectivity index (χ2n) is 4.13. The lowest BCUT2D eigenvalue weighted by Crippen LogP contribution is -1.90. The molecule has 1 aromatic heterocycles. The summed E-state index contributed by atoms with van der Waals surface area (Å²) in [6.07, 6.45) is 3.47. The highest BCUT2D eigenvalue weighted by Crippen LogP contribution is 2.24. The number of nitriles is 1. The SMILES string of the molecule is COc1ccc(C)cc1/C=C(\C#N)c1ccccn1. The van der Waals surface area contributed by atoms with Crippen LogP contribution in [0.1, 0.15) is 16.8 Å². The molecule has 94 valence electrons. The van der Waals surface area contributed by atoms with Gasteiger partial charge in [0.15, 0.2) is 0 Å². The van der Waals surface area contributed by atoms with Crippen molar-refractivity contribution >= 4 is 11.6 Å². The maximum absolute atomic E-state index is 9.27. The summed E-state index contributed by atoms with van der Waals surface area (Å²) >= 11 is 0. The molecule has 0 bridgehead atoms. The zero-order valence-electron chi connectivity index (χ0n) is 10.9. The molecule has 0 unspecified atom stereocenters. The fourth-order valence-corrected chi connectivity index (χ4v) is 1.81. The number of hydrogen-bond donors (Lipinski definition) is 0. The molecule has 0 amide bonds. The van der Waals surface area contributed by atoms with Crippen molar-refractivity contribution in [3.63, 3.8) is 0 Å². The predicted molar refractivity (Wildman–Crippen MR) is 75.5 cm³/mol. The second kappa shape index (κ2) is 5.83. The number of benzene rings is 1. The molecule has 19 heavy (non-hydrogen) atoms. The molecule has 0 aliphatic rings. The second-order valence-corrected chi connectivity index (χ2v) is 4.13. The van der Waals surface area contributed by atoms with E-state index in [1.54, 1.807) is 19.4 Å². The van der Waals surface area contributed by atoms with E-state index in [1.165, 1.54) is 0 Å². The van der Waals surface area contributed by atoms with E-state index in [0.29, 0.717) is 11.3 Å². The van der Waals surface area contributed by atoms with Gasteiger partial charge in [-0.1, -0.05) is 17.7 Å². The minimum atomic E-state index is 0.518. The van der Waals surface area contributed by atoms with E-state index >= 15 is 0 Å². The number of hydrogen-bond acceptors (Lipinski definition) is 3. The summed E-state index contributed by atoms with van der Waals surface area (Å²) in [7, 11) is 1.62. The Balaban J connectivity index is 2.50. The summed E-state index contributed by atoms with van der Waals surface area (Å²) in [5, 5.41) is 9.27. The first kappa shape index (κ1) is 12.8. The summed E-state index contributed by atoms with van der Waals surface area (Å²) in [4.78, 5) is 4.19. The monoisotopic (exact) mass is 250 g/mol. The van der Waals surface area contributed by atoms with Gasteiger partial charge in [0.25, 0.3) is 0 Å². The van der Waals surface area contributed by atoms with Gasteiger partial charge in [-0.25, -0.2) is 0 Å². The molecule has 0 fully saturated rings. The third kappa shape index (κ3) is 2.99. The van der Waals surface area contributed by atoms with E-state index in [1.807, 2.05) is 43.3 Å². The summed E-state index contributed by atoms with van der Waals surface area (Å²) in [5.74, 6) is 0.745. The van der Waals surface area contributed by atoms with Crippen LogP contribution in [0.5, 0.6) is 5.75 Å². The molecule has 3 heteroatoms. The first-order valence-electron chi connectivity index (χ1n) is 5.92. The highest BCUT2D eigenvalue weighted by molar-refractivity contribution is 5.89. The Morgan fingerprint density at radius 2 is 2.16 bits per heavy atom. The zero-order valence-corrected chi connectivity index (χ0v) is 10.9. The van der Waals surface area contributed by atoms with Gasteiger partial charge < -0.3 is 4.74 Å². The Kier molecular flexibility index (Phi) is 3.94. The number of aryl methyl sites for hydroxylation is 1. The normalized spacial score (nSPS) is 10.9. The van der Waals surface area contributed by atoms with E-state index in [-0.39, 0.29) is 0 Å². The molecule has 3 nitrogen and oxygen atoms in total. The molecule has 0 saturated carbocycles. The van der Waals surface area contributed by atoms with Crippen LogP contribution in [0.2, 0.25) is 0 Å². The van der Waals surface area contributed by atoms with E-state index in [2.05, 4.69) is 11.1 Å². The van der Waals surface area contributed by atoms with Crippen LogP contribution in [0.3, 0.4) is 0 Å². The molecule has 1 aromatic carbocycles. The van der Waals surface area contributed by atoms with E-state index in [0.717, 1.165) is 16.9 Å². The standard InChI is InChI=1S/C16H14N2O/c1-12-6-7-16(19-2)13(9-12)10-14(11-17)15-5-3-4-8-18-15/h3-10H,1-2H3/b14-10+. The fourth-order valence-electron chi connectivity index (χ4n) is 1.81. The van der Waals surface area contributed by atoms with Gasteiger partial charge in [0.2, 0.25) is 0 Å². The molecule has 0 aliphatic heterocycles. The Bertz CT molecular complexity index is 640.